The standard InChI is InChI=1S/C50H31NOS/c1-2-11-31(12-3-1)33-24-27-43(35-23-25-37-34(29-35)22-21-32-13-4-5-14-36(32)37)51-44(30-33)48-39(26-28-46-49(48)42-16-6-8-19-45(42)52-46)41-18-10-17-40-38-15-7-9-20-47(38)53-50(40)41/h1-23,25-30H,24H2. The van der Waals surface area contributed by atoms with Gasteiger partial charge in [-0.05, 0) is 81.1 Å². The van der Waals surface area contributed by atoms with Crippen LogP contribution in [0.1, 0.15) is 23.1 Å². The third-order valence-electron chi connectivity index (χ3n) is 10.7. The molecule has 1 aliphatic heterocycles. The summed E-state index contributed by atoms with van der Waals surface area (Å²) in [5.41, 5.74) is 10.6. The largest absolute Gasteiger partial charge is 0.456 e. The first-order chi connectivity index (χ1) is 26.3. The van der Waals surface area contributed by atoms with Crippen molar-refractivity contribution in [1.82, 2.24) is 0 Å². The molecule has 2 nitrogen and oxygen atoms in total. The molecule has 0 radical (unpaired) electrons. The number of fused-ring (bicyclic) bond motifs is 9. The van der Waals surface area contributed by atoms with E-state index in [-0.39, 0.29) is 0 Å². The molecule has 0 spiro atoms. The van der Waals surface area contributed by atoms with Crippen molar-refractivity contribution in [2.24, 2.45) is 4.99 Å². The van der Waals surface area contributed by atoms with E-state index < -0.39 is 0 Å². The smallest absolute Gasteiger partial charge is 0.136 e. The van der Waals surface area contributed by atoms with Crippen molar-refractivity contribution in [3.05, 3.63) is 193 Å². The van der Waals surface area contributed by atoms with Gasteiger partial charge in [0.2, 0.25) is 0 Å². The molecular formula is C50H31NOS. The molecule has 0 saturated heterocycles. The van der Waals surface area contributed by atoms with Gasteiger partial charge in [0.25, 0.3) is 0 Å². The maximum atomic E-state index is 6.56. The zero-order valence-corrected chi connectivity index (χ0v) is 29.5. The normalized spacial score (nSPS) is 13.5. The van der Waals surface area contributed by atoms with Crippen LogP contribution in [0.2, 0.25) is 0 Å². The minimum absolute atomic E-state index is 0.755. The van der Waals surface area contributed by atoms with Crippen LogP contribution in [0, 0.1) is 0 Å². The zero-order chi connectivity index (χ0) is 34.9. The SMILES string of the molecule is C1=C(c2ccccc2)CC=C(c2ccc3c(ccc4ccccc43)c2)N=C1c1c(-c2cccc3c2sc2ccccc23)ccc2oc3ccccc3c12. The Morgan fingerprint density at radius 2 is 1.26 bits per heavy atom. The first-order valence-corrected chi connectivity index (χ1v) is 18.9. The third kappa shape index (κ3) is 4.89. The molecule has 1 aliphatic rings. The van der Waals surface area contributed by atoms with E-state index in [2.05, 4.69) is 170 Å². The van der Waals surface area contributed by atoms with Crippen LogP contribution in [0.4, 0.5) is 0 Å². The molecule has 53 heavy (non-hydrogen) atoms. The number of allylic oxidation sites excluding steroid dienone is 3. The Morgan fingerprint density at radius 1 is 0.509 bits per heavy atom. The lowest BCUT2D eigenvalue weighted by Crippen LogP contribution is -2.03. The molecule has 0 amide bonds. The lowest BCUT2D eigenvalue weighted by Gasteiger charge is -2.15. The van der Waals surface area contributed by atoms with E-state index >= 15 is 0 Å². The molecule has 0 aliphatic carbocycles. The molecule has 0 atom stereocenters. The van der Waals surface area contributed by atoms with Gasteiger partial charge in [-0.25, -0.2) is 4.99 Å². The minimum atomic E-state index is 0.755. The molecule has 0 N–H and O–H groups in total. The van der Waals surface area contributed by atoms with Crippen LogP contribution in [0.15, 0.2) is 185 Å². The van der Waals surface area contributed by atoms with Crippen molar-refractivity contribution in [3.8, 4) is 11.1 Å². The zero-order valence-electron chi connectivity index (χ0n) is 28.7. The van der Waals surface area contributed by atoms with E-state index in [1.165, 1.54) is 58.4 Å². The second-order valence-electron chi connectivity index (χ2n) is 13.8. The average molecular weight is 694 g/mol. The van der Waals surface area contributed by atoms with E-state index in [1.807, 2.05) is 17.4 Å². The first-order valence-electron chi connectivity index (χ1n) is 18.1. The quantitative estimate of drug-likeness (QED) is 0.169. The van der Waals surface area contributed by atoms with Crippen LogP contribution in [-0.2, 0) is 0 Å². The average Bonchev–Trinajstić information content (AvgIpc) is 3.71. The number of aliphatic imine (C=N–C) groups is 1. The molecule has 11 rings (SSSR count). The van der Waals surface area contributed by atoms with Crippen molar-refractivity contribution in [2.75, 3.05) is 0 Å². The highest BCUT2D eigenvalue weighted by molar-refractivity contribution is 7.26. The Balaban J connectivity index is 1.21. The summed E-state index contributed by atoms with van der Waals surface area (Å²) in [6, 6.07) is 58.8. The summed E-state index contributed by atoms with van der Waals surface area (Å²) in [6.45, 7) is 0. The molecule has 0 saturated carbocycles. The molecule has 3 heteroatoms. The van der Waals surface area contributed by atoms with Crippen LogP contribution in [0.5, 0.6) is 0 Å². The number of thiophene rings is 1. The molecule has 0 bridgehead atoms. The summed E-state index contributed by atoms with van der Waals surface area (Å²) in [4.78, 5) is 5.67. The Morgan fingerprint density at radius 3 is 2.19 bits per heavy atom. The van der Waals surface area contributed by atoms with Crippen LogP contribution in [-0.4, -0.2) is 5.71 Å². The van der Waals surface area contributed by atoms with E-state index in [0.717, 1.165) is 56.5 Å². The van der Waals surface area contributed by atoms with E-state index in [9.17, 15) is 0 Å². The summed E-state index contributed by atoms with van der Waals surface area (Å²) in [6.07, 6.45) is 5.37. The summed E-state index contributed by atoms with van der Waals surface area (Å²) in [5.74, 6) is 0. The number of furan rings is 1. The van der Waals surface area contributed by atoms with Crippen molar-refractivity contribution in [2.45, 2.75) is 6.42 Å². The summed E-state index contributed by atoms with van der Waals surface area (Å²) < 4.78 is 9.13. The van der Waals surface area contributed by atoms with Crippen molar-refractivity contribution >= 4 is 92.0 Å². The van der Waals surface area contributed by atoms with Crippen LogP contribution in [0.25, 0.3) is 86.1 Å². The number of hydrogen-bond acceptors (Lipinski definition) is 3. The van der Waals surface area contributed by atoms with Gasteiger partial charge in [0, 0.05) is 47.6 Å². The maximum absolute atomic E-state index is 6.56. The molecule has 0 unspecified atom stereocenters. The van der Waals surface area contributed by atoms with Gasteiger partial charge in [-0.15, -0.1) is 11.3 Å². The van der Waals surface area contributed by atoms with Gasteiger partial charge in [0.05, 0.1) is 11.4 Å². The Hall–Kier alpha value is -6.55. The lowest BCUT2D eigenvalue weighted by atomic mass is 9.90. The summed E-state index contributed by atoms with van der Waals surface area (Å²) >= 11 is 1.86. The van der Waals surface area contributed by atoms with Gasteiger partial charge in [0.15, 0.2) is 0 Å². The number of hydrogen-bond donors (Lipinski definition) is 0. The summed E-state index contributed by atoms with van der Waals surface area (Å²) in [5, 5.41) is 9.72. The monoisotopic (exact) mass is 693 g/mol. The number of rotatable bonds is 4. The highest BCUT2D eigenvalue weighted by Gasteiger charge is 2.23. The number of nitrogens with zero attached hydrogens (tertiary/aromatic N) is 1. The van der Waals surface area contributed by atoms with Gasteiger partial charge < -0.3 is 4.42 Å². The highest BCUT2D eigenvalue weighted by atomic mass is 32.1. The predicted octanol–water partition coefficient (Wildman–Crippen LogP) is 14.2. The highest BCUT2D eigenvalue weighted by Crippen LogP contribution is 2.45. The molecule has 3 heterocycles. The third-order valence-corrected chi connectivity index (χ3v) is 12.0. The fourth-order valence-corrected chi connectivity index (χ4v) is 9.47. The van der Waals surface area contributed by atoms with Crippen molar-refractivity contribution < 1.29 is 4.42 Å². The Kier molecular flexibility index (Phi) is 6.83. The first kappa shape index (κ1) is 30.1. The predicted molar refractivity (Wildman–Crippen MR) is 227 cm³/mol. The van der Waals surface area contributed by atoms with Crippen LogP contribution < -0.4 is 0 Å². The molecule has 10 aromatic rings. The van der Waals surface area contributed by atoms with Gasteiger partial charge in [-0.1, -0.05) is 140 Å². The second-order valence-corrected chi connectivity index (χ2v) is 14.8. The fraction of sp³-hybridized carbons (Fsp3) is 0.0200. The van der Waals surface area contributed by atoms with E-state index in [1.54, 1.807) is 0 Å². The molecule has 248 valence electrons. The topological polar surface area (TPSA) is 25.5 Å². The maximum Gasteiger partial charge on any atom is 0.136 e. The Bertz CT molecular complexity index is 3190. The van der Waals surface area contributed by atoms with Gasteiger partial charge in [-0.2, -0.15) is 0 Å². The summed E-state index contributed by atoms with van der Waals surface area (Å²) in [7, 11) is 0. The fourth-order valence-electron chi connectivity index (χ4n) is 8.24. The van der Waals surface area contributed by atoms with Crippen LogP contribution >= 0.6 is 11.3 Å². The lowest BCUT2D eigenvalue weighted by molar-refractivity contribution is 0.669. The number of para-hydroxylation sites is 1. The van der Waals surface area contributed by atoms with E-state index in [4.69, 9.17) is 9.41 Å². The number of benzene rings is 8. The van der Waals surface area contributed by atoms with Gasteiger partial charge in [-0.3, -0.25) is 0 Å². The van der Waals surface area contributed by atoms with Crippen molar-refractivity contribution in [1.29, 1.82) is 0 Å². The minimum Gasteiger partial charge on any atom is -0.456 e. The molecule has 8 aromatic carbocycles. The van der Waals surface area contributed by atoms with Gasteiger partial charge in [0.1, 0.15) is 11.2 Å². The van der Waals surface area contributed by atoms with Gasteiger partial charge >= 0.3 is 0 Å². The molecular weight excluding hydrogens is 663 g/mol. The second kappa shape index (κ2) is 12.0. The molecule has 2 aromatic heterocycles. The van der Waals surface area contributed by atoms with Crippen LogP contribution in [0.3, 0.4) is 0 Å². The van der Waals surface area contributed by atoms with E-state index in [0.29, 0.717) is 0 Å². The van der Waals surface area contributed by atoms with Crippen molar-refractivity contribution in [3.63, 3.8) is 0 Å². The Labute approximate surface area is 310 Å². The molecule has 0 fully saturated rings.